The van der Waals surface area contributed by atoms with Gasteiger partial charge in [-0.05, 0) is 46.7 Å². The van der Waals surface area contributed by atoms with Gasteiger partial charge in [0.1, 0.15) is 6.61 Å². The molecule has 0 bridgehead atoms. The van der Waals surface area contributed by atoms with Crippen LogP contribution in [0.3, 0.4) is 0 Å². The van der Waals surface area contributed by atoms with Gasteiger partial charge in [-0.1, -0.05) is 58.1 Å². The van der Waals surface area contributed by atoms with E-state index >= 15 is 0 Å². The average Bonchev–Trinajstić information content (AvgIpc) is 3.18. The van der Waals surface area contributed by atoms with Crippen molar-refractivity contribution < 1.29 is 9.47 Å². The van der Waals surface area contributed by atoms with Gasteiger partial charge in [0.05, 0.1) is 7.11 Å². The highest BCUT2D eigenvalue weighted by atomic mass is 79.9. The highest BCUT2D eigenvalue weighted by Gasteiger charge is 2.16. The maximum absolute atomic E-state index is 6.13. The molecule has 0 aliphatic heterocycles. The maximum Gasteiger partial charge on any atom is 0.243 e. The zero-order valence-corrected chi connectivity index (χ0v) is 18.7. The van der Waals surface area contributed by atoms with Crippen molar-refractivity contribution in [1.82, 2.24) is 20.2 Å². The molecule has 2 aromatic carbocycles. The molecule has 0 saturated heterocycles. The van der Waals surface area contributed by atoms with Gasteiger partial charge in [0, 0.05) is 28.1 Å². The largest absolute Gasteiger partial charge is 0.493 e. The lowest BCUT2D eigenvalue weighted by molar-refractivity contribution is 0.281. The summed E-state index contributed by atoms with van der Waals surface area (Å²) >= 11 is 9.58. The number of nitrogens with zero attached hydrogens (tertiary/aromatic N) is 4. The molecule has 7 nitrogen and oxygen atoms in total. The Balaban J connectivity index is 1.78. The number of unbranched alkanes of at least 4 members (excludes halogenated alkanes) is 1. The first-order chi connectivity index (χ1) is 14.1. The molecule has 0 radical (unpaired) electrons. The molecule has 3 aromatic rings. The second-order valence-electron chi connectivity index (χ2n) is 6.41. The number of aromatic nitrogens is 4. The van der Waals surface area contributed by atoms with Crippen LogP contribution in [0.4, 0.5) is 5.95 Å². The summed E-state index contributed by atoms with van der Waals surface area (Å²) in [5, 5.41) is 15.9. The minimum absolute atomic E-state index is 0.394. The van der Waals surface area contributed by atoms with Gasteiger partial charge in [-0.2, -0.15) is 0 Å². The molecule has 0 aliphatic rings. The lowest BCUT2D eigenvalue weighted by Crippen LogP contribution is -2.11. The second-order valence-corrected chi connectivity index (χ2v) is 7.70. The third kappa shape index (κ3) is 5.61. The van der Waals surface area contributed by atoms with Crippen molar-refractivity contribution in [1.29, 1.82) is 0 Å². The van der Waals surface area contributed by atoms with Crippen molar-refractivity contribution in [2.24, 2.45) is 0 Å². The van der Waals surface area contributed by atoms with Crippen molar-refractivity contribution in [2.75, 3.05) is 12.4 Å². The third-order valence-corrected chi connectivity index (χ3v) is 5.36. The Morgan fingerprint density at radius 3 is 2.69 bits per heavy atom. The number of aryl methyl sites for hydroxylation is 1. The maximum atomic E-state index is 6.13. The fourth-order valence-electron chi connectivity index (χ4n) is 2.76. The summed E-state index contributed by atoms with van der Waals surface area (Å²) in [7, 11) is 1.63. The fourth-order valence-corrected chi connectivity index (χ4v) is 3.34. The van der Waals surface area contributed by atoms with Gasteiger partial charge in [-0.3, -0.25) is 0 Å². The van der Waals surface area contributed by atoms with Gasteiger partial charge >= 0.3 is 0 Å². The fraction of sp³-hybridized carbons (Fsp3) is 0.350. The predicted molar refractivity (Wildman–Crippen MR) is 117 cm³/mol. The lowest BCUT2D eigenvalue weighted by atomic mass is 10.1. The normalized spacial score (nSPS) is 10.8. The van der Waals surface area contributed by atoms with Gasteiger partial charge in [0.2, 0.25) is 5.95 Å². The quantitative estimate of drug-likeness (QED) is 0.436. The SMILES string of the molecule is CCCCn1nnnc1NCc1c(Br)ccc(OC)c1OCc1ccc(Cl)cc1. The van der Waals surface area contributed by atoms with Gasteiger partial charge in [0.15, 0.2) is 11.5 Å². The second kappa shape index (κ2) is 10.5. The van der Waals surface area contributed by atoms with Crippen LogP contribution in [0.5, 0.6) is 11.5 Å². The number of rotatable bonds is 10. The van der Waals surface area contributed by atoms with Gasteiger partial charge in [0.25, 0.3) is 0 Å². The zero-order valence-electron chi connectivity index (χ0n) is 16.4. The van der Waals surface area contributed by atoms with Crippen LogP contribution in [0.1, 0.15) is 30.9 Å². The van der Waals surface area contributed by atoms with Crippen LogP contribution < -0.4 is 14.8 Å². The lowest BCUT2D eigenvalue weighted by Gasteiger charge is -2.17. The summed E-state index contributed by atoms with van der Waals surface area (Å²) in [4.78, 5) is 0. The topological polar surface area (TPSA) is 74.1 Å². The number of anilines is 1. The van der Waals surface area contributed by atoms with Crippen molar-refractivity contribution in [3.8, 4) is 11.5 Å². The first kappa shape index (κ1) is 21.4. The standard InChI is InChI=1S/C20H23BrClN5O2/c1-3-4-11-27-20(24-25-26-27)23-12-16-17(21)9-10-18(28-2)19(16)29-13-14-5-7-15(22)8-6-14/h5-10H,3-4,11-13H2,1-2H3,(H,23,24,26). The van der Waals surface area contributed by atoms with Crippen molar-refractivity contribution in [3.05, 3.63) is 57.0 Å². The molecule has 29 heavy (non-hydrogen) atoms. The molecule has 0 fully saturated rings. The number of benzene rings is 2. The number of ether oxygens (including phenoxy) is 2. The smallest absolute Gasteiger partial charge is 0.243 e. The number of hydrogen-bond donors (Lipinski definition) is 1. The Kier molecular flexibility index (Phi) is 7.71. The van der Waals surface area contributed by atoms with Gasteiger partial charge in [-0.25, -0.2) is 4.68 Å². The van der Waals surface area contributed by atoms with E-state index in [9.17, 15) is 0 Å². The molecule has 0 amide bonds. The Hall–Kier alpha value is -2.32. The minimum Gasteiger partial charge on any atom is -0.493 e. The Labute approximate surface area is 183 Å². The van der Waals surface area contributed by atoms with E-state index in [4.69, 9.17) is 21.1 Å². The van der Waals surface area contributed by atoms with Crippen LogP contribution in [-0.4, -0.2) is 27.3 Å². The number of methoxy groups -OCH3 is 1. The van der Waals surface area contributed by atoms with E-state index in [2.05, 4.69) is 43.7 Å². The molecule has 3 rings (SSSR count). The monoisotopic (exact) mass is 479 g/mol. The van der Waals surface area contributed by atoms with Crippen LogP contribution >= 0.6 is 27.5 Å². The average molecular weight is 481 g/mol. The molecule has 0 saturated carbocycles. The molecule has 0 aliphatic carbocycles. The van der Waals surface area contributed by atoms with Gasteiger partial charge in [-0.15, -0.1) is 0 Å². The molecule has 9 heteroatoms. The summed E-state index contributed by atoms with van der Waals surface area (Å²) < 4.78 is 14.3. The summed E-state index contributed by atoms with van der Waals surface area (Å²) in [5.41, 5.74) is 1.93. The molecule has 1 heterocycles. The van der Waals surface area contributed by atoms with E-state index in [-0.39, 0.29) is 0 Å². The van der Waals surface area contributed by atoms with E-state index in [0.29, 0.717) is 35.6 Å². The van der Waals surface area contributed by atoms with Crippen LogP contribution in [-0.2, 0) is 19.7 Å². The molecule has 154 valence electrons. The minimum atomic E-state index is 0.394. The van der Waals surface area contributed by atoms with E-state index < -0.39 is 0 Å². The van der Waals surface area contributed by atoms with E-state index in [0.717, 1.165) is 35.0 Å². The molecular weight excluding hydrogens is 458 g/mol. The first-order valence-electron chi connectivity index (χ1n) is 9.35. The summed E-state index contributed by atoms with van der Waals surface area (Å²) in [5.74, 6) is 1.94. The molecule has 1 aromatic heterocycles. The summed E-state index contributed by atoms with van der Waals surface area (Å²) in [6.07, 6.45) is 2.08. The van der Waals surface area contributed by atoms with Crippen LogP contribution in [0.15, 0.2) is 40.9 Å². The summed E-state index contributed by atoms with van der Waals surface area (Å²) in [6, 6.07) is 11.4. The molecule has 1 N–H and O–H groups in total. The van der Waals surface area contributed by atoms with E-state index in [1.165, 1.54) is 0 Å². The van der Waals surface area contributed by atoms with Crippen molar-refractivity contribution >= 4 is 33.5 Å². The van der Waals surface area contributed by atoms with E-state index in [1.807, 2.05) is 36.4 Å². The van der Waals surface area contributed by atoms with Crippen LogP contribution in [0.2, 0.25) is 5.02 Å². The number of tetrazole rings is 1. The Morgan fingerprint density at radius 2 is 1.97 bits per heavy atom. The highest BCUT2D eigenvalue weighted by molar-refractivity contribution is 9.10. The van der Waals surface area contributed by atoms with Crippen LogP contribution in [0.25, 0.3) is 0 Å². The van der Waals surface area contributed by atoms with Crippen LogP contribution in [0, 0.1) is 0 Å². The highest BCUT2D eigenvalue weighted by Crippen LogP contribution is 2.37. The van der Waals surface area contributed by atoms with Crippen molar-refractivity contribution in [2.45, 2.75) is 39.5 Å². The molecule has 0 atom stereocenters. The van der Waals surface area contributed by atoms with Gasteiger partial charge < -0.3 is 14.8 Å². The zero-order chi connectivity index (χ0) is 20.6. The number of hydrogen-bond acceptors (Lipinski definition) is 6. The third-order valence-electron chi connectivity index (χ3n) is 4.36. The summed E-state index contributed by atoms with van der Waals surface area (Å²) in [6.45, 7) is 3.77. The number of nitrogens with one attached hydrogen (secondary N) is 1. The molecule has 0 unspecified atom stereocenters. The molecular formula is C20H23BrClN5O2. The first-order valence-corrected chi connectivity index (χ1v) is 10.5. The number of halogens is 2. The Morgan fingerprint density at radius 1 is 1.17 bits per heavy atom. The predicted octanol–water partition coefficient (Wildman–Crippen LogP) is 5.09. The Bertz CT molecular complexity index is 933. The van der Waals surface area contributed by atoms with Crippen molar-refractivity contribution in [3.63, 3.8) is 0 Å². The molecule has 0 spiro atoms. The van der Waals surface area contributed by atoms with E-state index in [1.54, 1.807) is 11.8 Å².